The highest BCUT2D eigenvalue weighted by molar-refractivity contribution is 7.07. The number of thiophene rings is 1. The lowest BCUT2D eigenvalue weighted by Gasteiger charge is -2.03. The summed E-state index contributed by atoms with van der Waals surface area (Å²) < 4.78 is 0. The number of fused-ring (bicyclic) bond motifs is 1. The predicted molar refractivity (Wildman–Crippen MR) is 69.4 cm³/mol. The molecule has 0 bridgehead atoms. The van der Waals surface area contributed by atoms with Crippen LogP contribution in [0.3, 0.4) is 0 Å². The van der Waals surface area contributed by atoms with E-state index in [4.69, 9.17) is 0 Å². The van der Waals surface area contributed by atoms with Crippen LogP contribution >= 0.6 is 11.3 Å². The number of benzene rings is 1. The van der Waals surface area contributed by atoms with Crippen molar-refractivity contribution in [3.05, 3.63) is 46.2 Å². The van der Waals surface area contributed by atoms with E-state index in [1.165, 1.54) is 0 Å². The number of carbonyl (C=O) groups is 1. The Kier molecular flexibility index (Phi) is 2.77. The molecule has 0 unspecified atom stereocenters. The van der Waals surface area contributed by atoms with E-state index in [1.807, 2.05) is 16.8 Å². The summed E-state index contributed by atoms with van der Waals surface area (Å²) in [7, 11) is 0. The highest BCUT2D eigenvalue weighted by atomic mass is 32.1. The standard InChI is InChI=1S/C12H10N4OS/c17-12(13-6-8-3-4-18-7-8)9-1-2-10-11(5-9)15-16-14-10/h1-5,7H,6H2,(H,13,17)(H,14,15,16). The highest BCUT2D eigenvalue weighted by Gasteiger charge is 2.07. The molecule has 18 heavy (non-hydrogen) atoms. The first-order valence-corrected chi connectivity index (χ1v) is 6.37. The Morgan fingerprint density at radius 3 is 3.00 bits per heavy atom. The Morgan fingerprint density at radius 2 is 2.17 bits per heavy atom. The van der Waals surface area contributed by atoms with Crippen LogP contribution in [0.15, 0.2) is 35.0 Å². The van der Waals surface area contributed by atoms with E-state index in [9.17, 15) is 4.79 Å². The maximum Gasteiger partial charge on any atom is 0.251 e. The van der Waals surface area contributed by atoms with E-state index in [1.54, 1.807) is 29.5 Å². The molecular weight excluding hydrogens is 248 g/mol. The second-order valence-electron chi connectivity index (χ2n) is 3.84. The predicted octanol–water partition coefficient (Wildman–Crippen LogP) is 1.95. The number of aromatic amines is 1. The van der Waals surface area contributed by atoms with Gasteiger partial charge in [-0.15, -0.1) is 0 Å². The number of amides is 1. The van der Waals surface area contributed by atoms with Crippen LogP contribution in [0.2, 0.25) is 0 Å². The highest BCUT2D eigenvalue weighted by Crippen LogP contribution is 2.11. The zero-order valence-electron chi connectivity index (χ0n) is 9.38. The Bertz CT molecular complexity index is 674. The zero-order valence-corrected chi connectivity index (χ0v) is 10.2. The van der Waals surface area contributed by atoms with Crippen molar-refractivity contribution in [3.63, 3.8) is 0 Å². The van der Waals surface area contributed by atoms with Gasteiger partial charge in [0.2, 0.25) is 0 Å². The first-order chi connectivity index (χ1) is 8.83. The summed E-state index contributed by atoms with van der Waals surface area (Å²) in [5.74, 6) is -0.105. The fourth-order valence-corrected chi connectivity index (χ4v) is 2.33. The lowest BCUT2D eigenvalue weighted by molar-refractivity contribution is 0.0951. The minimum atomic E-state index is -0.105. The third-order valence-electron chi connectivity index (χ3n) is 2.61. The fraction of sp³-hybridized carbons (Fsp3) is 0.0833. The van der Waals surface area contributed by atoms with Gasteiger partial charge < -0.3 is 5.32 Å². The molecule has 0 saturated carbocycles. The molecule has 5 nitrogen and oxygen atoms in total. The van der Waals surface area contributed by atoms with Gasteiger partial charge in [0.1, 0.15) is 11.0 Å². The Balaban J connectivity index is 1.75. The molecule has 1 aromatic carbocycles. The quantitative estimate of drug-likeness (QED) is 0.754. The first-order valence-electron chi connectivity index (χ1n) is 5.43. The summed E-state index contributed by atoms with van der Waals surface area (Å²) in [6.45, 7) is 0.541. The molecule has 2 heterocycles. The number of aromatic nitrogens is 3. The van der Waals surface area contributed by atoms with Crippen LogP contribution in [-0.2, 0) is 6.54 Å². The van der Waals surface area contributed by atoms with E-state index in [-0.39, 0.29) is 5.91 Å². The molecule has 0 saturated heterocycles. The van der Waals surface area contributed by atoms with Gasteiger partial charge in [0, 0.05) is 12.1 Å². The van der Waals surface area contributed by atoms with E-state index in [0.717, 1.165) is 11.1 Å². The smallest absolute Gasteiger partial charge is 0.251 e. The van der Waals surface area contributed by atoms with E-state index < -0.39 is 0 Å². The number of carbonyl (C=O) groups excluding carboxylic acids is 1. The molecule has 0 aliphatic heterocycles. The minimum absolute atomic E-state index is 0.105. The molecule has 6 heteroatoms. The van der Waals surface area contributed by atoms with Crippen LogP contribution in [0.25, 0.3) is 11.0 Å². The van der Waals surface area contributed by atoms with Crippen molar-refractivity contribution < 1.29 is 4.79 Å². The number of nitrogens with one attached hydrogen (secondary N) is 2. The minimum Gasteiger partial charge on any atom is -0.348 e. The van der Waals surface area contributed by atoms with Crippen LogP contribution < -0.4 is 5.32 Å². The van der Waals surface area contributed by atoms with E-state index in [0.29, 0.717) is 17.6 Å². The molecule has 0 atom stereocenters. The molecular formula is C12H10N4OS. The second kappa shape index (κ2) is 4.58. The molecule has 0 fully saturated rings. The molecule has 0 aliphatic carbocycles. The summed E-state index contributed by atoms with van der Waals surface area (Å²) in [5, 5.41) is 17.3. The molecule has 3 aromatic rings. The lowest BCUT2D eigenvalue weighted by atomic mass is 10.2. The molecule has 90 valence electrons. The van der Waals surface area contributed by atoms with Crippen molar-refractivity contribution in [2.45, 2.75) is 6.54 Å². The van der Waals surface area contributed by atoms with Crippen molar-refractivity contribution in [1.29, 1.82) is 0 Å². The zero-order chi connectivity index (χ0) is 12.4. The number of nitrogens with zero attached hydrogens (tertiary/aromatic N) is 2. The molecule has 0 spiro atoms. The molecule has 2 N–H and O–H groups in total. The number of rotatable bonds is 3. The van der Waals surface area contributed by atoms with Gasteiger partial charge in [-0.2, -0.15) is 26.7 Å². The van der Waals surface area contributed by atoms with Gasteiger partial charge in [0.05, 0.1) is 0 Å². The third kappa shape index (κ3) is 2.10. The summed E-state index contributed by atoms with van der Waals surface area (Å²) in [4.78, 5) is 11.9. The summed E-state index contributed by atoms with van der Waals surface area (Å²) in [5.41, 5.74) is 3.14. The van der Waals surface area contributed by atoms with Crippen LogP contribution in [0.1, 0.15) is 15.9 Å². The SMILES string of the molecule is O=C(NCc1ccsc1)c1ccc2n[nH]nc2c1. The van der Waals surface area contributed by atoms with Crippen molar-refractivity contribution in [2.24, 2.45) is 0 Å². The maximum absolute atomic E-state index is 11.9. The maximum atomic E-state index is 11.9. The Morgan fingerprint density at radius 1 is 1.28 bits per heavy atom. The van der Waals surface area contributed by atoms with Gasteiger partial charge in [0.25, 0.3) is 5.91 Å². The molecule has 0 radical (unpaired) electrons. The van der Waals surface area contributed by atoms with Crippen LogP contribution in [0, 0.1) is 0 Å². The van der Waals surface area contributed by atoms with E-state index >= 15 is 0 Å². The van der Waals surface area contributed by atoms with Crippen molar-refractivity contribution in [1.82, 2.24) is 20.7 Å². The largest absolute Gasteiger partial charge is 0.348 e. The average molecular weight is 258 g/mol. The van der Waals surface area contributed by atoms with Crippen LogP contribution in [0.5, 0.6) is 0 Å². The monoisotopic (exact) mass is 258 g/mol. The fourth-order valence-electron chi connectivity index (χ4n) is 1.66. The van der Waals surface area contributed by atoms with Gasteiger partial charge in [0.15, 0.2) is 0 Å². The first kappa shape index (κ1) is 10.9. The third-order valence-corrected chi connectivity index (χ3v) is 3.34. The average Bonchev–Trinajstić information content (AvgIpc) is 3.05. The molecule has 2 aromatic heterocycles. The van der Waals surface area contributed by atoms with Gasteiger partial charge in [-0.3, -0.25) is 4.79 Å². The molecule has 0 aliphatic rings. The summed E-state index contributed by atoms with van der Waals surface area (Å²) in [6, 6.07) is 7.24. The number of hydrogen-bond donors (Lipinski definition) is 2. The lowest BCUT2D eigenvalue weighted by Crippen LogP contribution is -2.22. The number of H-pyrrole nitrogens is 1. The Labute approximate surface area is 107 Å². The number of hydrogen-bond acceptors (Lipinski definition) is 4. The van der Waals surface area contributed by atoms with Crippen molar-refractivity contribution in [3.8, 4) is 0 Å². The van der Waals surface area contributed by atoms with E-state index in [2.05, 4.69) is 20.7 Å². The Hall–Kier alpha value is -2.21. The normalized spacial score (nSPS) is 10.7. The topological polar surface area (TPSA) is 70.7 Å². The second-order valence-corrected chi connectivity index (χ2v) is 4.62. The van der Waals surface area contributed by atoms with Gasteiger partial charge in [-0.25, -0.2) is 0 Å². The van der Waals surface area contributed by atoms with Crippen molar-refractivity contribution >= 4 is 28.3 Å². The molecule has 3 rings (SSSR count). The van der Waals surface area contributed by atoms with Crippen LogP contribution in [-0.4, -0.2) is 21.3 Å². The summed E-state index contributed by atoms with van der Waals surface area (Å²) >= 11 is 1.62. The van der Waals surface area contributed by atoms with Crippen LogP contribution in [0.4, 0.5) is 0 Å². The van der Waals surface area contributed by atoms with Crippen molar-refractivity contribution in [2.75, 3.05) is 0 Å². The van der Waals surface area contributed by atoms with Gasteiger partial charge >= 0.3 is 0 Å². The van der Waals surface area contributed by atoms with Gasteiger partial charge in [-0.1, -0.05) is 0 Å². The molecule has 1 amide bonds. The summed E-state index contributed by atoms with van der Waals surface area (Å²) in [6.07, 6.45) is 0. The van der Waals surface area contributed by atoms with Gasteiger partial charge in [-0.05, 0) is 40.6 Å².